The summed E-state index contributed by atoms with van der Waals surface area (Å²) in [4.78, 5) is 27.1. The minimum Gasteiger partial charge on any atom is -0.355 e. The molecule has 0 saturated heterocycles. The number of amides is 2. The van der Waals surface area contributed by atoms with Crippen LogP contribution in [-0.4, -0.2) is 45.8 Å². The van der Waals surface area contributed by atoms with Crippen LogP contribution in [0.15, 0.2) is 60.8 Å². The predicted molar refractivity (Wildman–Crippen MR) is 97.0 cm³/mol. The molecule has 0 spiro atoms. The molecule has 0 unspecified atom stereocenters. The molecular weight excluding hydrogens is 330 g/mol. The van der Waals surface area contributed by atoms with E-state index >= 15 is 0 Å². The van der Waals surface area contributed by atoms with Crippen LogP contribution >= 0.6 is 0 Å². The van der Waals surface area contributed by atoms with Crippen molar-refractivity contribution in [1.29, 1.82) is 0 Å². The minimum absolute atomic E-state index is 0.140. The molecule has 132 valence electrons. The zero-order valence-corrected chi connectivity index (χ0v) is 14.6. The van der Waals surface area contributed by atoms with Crippen LogP contribution < -0.4 is 5.32 Å². The van der Waals surface area contributed by atoms with Gasteiger partial charge in [-0.05, 0) is 29.8 Å². The van der Waals surface area contributed by atoms with Crippen molar-refractivity contribution in [2.24, 2.45) is 0 Å². The van der Waals surface area contributed by atoms with Gasteiger partial charge in [0.1, 0.15) is 0 Å². The number of hydrogen-bond acceptors (Lipinski definition) is 4. The van der Waals surface area contributed by atoms with Gasteiger partial charge < -0.3 is 10.2 Å². The molecule has 0 aliphatic heterocycles. The highest BCUT2D eigenvalue weighted by atomic mass is 16.2. The molecule has 1 heterocycles. The van der Waals surface area contributed by atoms with Crippen molar-refractivity contribution in [3.8, 4) is 5.69 Å². The largest absolute Gasteiger partial charge is 0.355 e. The molecule has 3 rings (SSSR count). The molecule has 0 aliphatic rings. The average Bonchev–Trinajstić information content (AvgIpc) is 3.18. The Hall–Kier alpha value is -3.48. The topological polar surface area (TPSA) is 80.1 Å². The van der Waals surface area contributed by atoms with E-state index in [4.69, 9.17) is 0 Å². The molecule has 0 bridgehead atoms. The van der Waals surface area contributed by atoms with Crippen molar-refractivity contribution >= 4 is 11.8 Å². The molecule has 2 aromatic carbocycles. The SMILES string of the molecule is CNC(=O)c1ccc(CN(C)C(=O)c2cnn(-c3ccccc3)n2)cc1. The van der Waals surface area contributed by atoms with Gasteiger partial charge in [0, 0.05) is 26.2 Å². The van der Waals surface area contributed by atoms with Crippen molar-refractivity contribution in [3.05, 3.63) is 77.6 Å². The van der Waals surface area contributed by atoms with Crippen molar-refractivity contribution in [3.63, 3.8) is 0 Å². The maximum atomic E-state index is 12.6. The van der Waals surface area contributed by atoms with E-state index in [9.17, 15) is 9.59 Å². The summed E-state index contributed by atoms with van der Waals surface area (Å²) in [5.41, 5.74) is 2.57. The van der Waals surface area contributed by atoms with Crippen LogP contribution in [0.3, 0.4) is 0 Å². The van der Waals surface area contributed by atoms with E-state index in [2.05, 4.69) is 15.5 Å². The molecule has 0 aliphatic carbocycles. The van der Waals surface area contributed by atoms with E-state index in [0.29, 0.717) is 12.1 Å². The van der Waals surface area contributed by atoms with Crippen LogP contribution in [0.5, 0.6) is 0 Å². The van der Waals surface area contributed by atoms with Crippen molar-refractivity contribution < 1.29 is 9.59 Å². The summed E-state index contributed by atoms with van der Waals surface area (Å²) in [6, 6.07) is 16.5. The van der Waals surface area contributed by atoms with E-state index in [1.807, 2.05) is 42.5 Å². The van der Waals surface area contributed by atoms with Crippen LogP contribution in [0.2, 0.25) is 0 Å². The monoisotopic (exact) mass is 349 g/mol. The van der Waals surface area contributed by atoms with Gasteiger partial charge in [-0.15, -0.1) is 5.10 Å². The third-order valence-electron chi connectivity index (χ3n) is 3.91. The molecule has 26 heavy (non-hydrogen) atoms. The average molecular weight is 349 g/mol. The highest BCUT2D eigenvalue weighted by molar-refractivity contribution is 5.94. The lowest BCUT2D eigenvalue weighted by Gasteiger charge is -2.16. The molecule has 2 amide bonds. The Morgan fingerprint density at radius 3 is 2.42 bits per heavy atom. The van der Waals surface area contributed by atoms with E-state index in [-0.39, 0.29) is 17.5 Å². The van der Waals surface area contributed by atoms with Gasteiger partial charge >= 0.3 is 0 Å². The highest BCUT2D eigenvalue weighted by Crippen LogP contribution is 2.10. The lowest BCUT2D eigenvalue weighted by Crippen LogP contribution is -2.26. The summed E-state index contributed by atoms with van der Waals surface area (Å²) < 4.78 is 0. The summed E-state index contributed by atoms with van der Waals surface area (Å²) in [5, 5.41) is 11.0. The second-order valence-corrected chi connectivity index (χ2v) is 5.79. The van der Waals surface area contributed by atoms with Crippen molar-refractivity contribution in [1.82, 2.24) is 25.2 Å². The molecule has 3 aromatic rings. The Balaban J connectivity index is 1.68. The lowest BCUT2D eigenvalue weighted by atomic mass is 10.1. The number of carbonyl (C=O) groups excluding carboxylic acids is 2. The normalized spacial score (nSPS) is 10.4. The zero-order chi connectivity index (χ0) is 18.5. The van der Waals surface area contributed by atoms with E-state index in [1.165, 1.54) is 11.0 Å². The maximum absolute atomic E-state index is 12.6. The number of aromatic nitrogens is 3. The zero-order valence-electron chi connectivity index (χ0n) is 14.6. The first-order valence-corrected chi connectivity index (χ1v) is 8.12. The van der Waals surface area contributed by atoms with Gasteiger partial charge in [0.2, 0.25) is 0 Å². The number of nitrogens with one attached hydrogen (secondary N) is 1. The van der Waals surface area contributed by atoms with E-state index < -0.39 is 0 Å². The Bertz CT molecular complexity index is 903. The number of carbonyl (C=O) groups is 2. The number of benzene rings is 2. The second kappa shape index (κ2) is 7.60. The minimum atomic E-state index is -0.220. The van der Waals surface area contributed by atoms with Crippen molar-refractivity contribution in [2.75, 3.05) is 14.1 Å². The predicted octanol–water partition coefficient (Wildman–Crippen LogP) is 1.90. The Morgan fingerprint density at radius 1 is 1.08 bits per heavy atom. The Kier molecular flexibility index (Phi) is 5.07. The van der Waals surface area contributed by atoms with Crippen LogP contribution in [0.1, 0.15) is 26.4 Å². The van der Waals surface area contributed by atoms with Gasteiger partial charge in [-0.25, -0.2) is 0 Å². The fourth-order valence-corrected chi connectivity index (χ4v) is 2.49. The third kappa shape index (κ3) is 3.77. The molecule has 1 N–H and O–H groups in total. The van der Waals surface area contributed by atoms with Gasteiger partial charge in [0.15, 0.2) is 5.69 Å². The van der Waals surface area contributed by atoms with E-state index in [1.54, 1.807) is 31.1 Å². The van der Waals surface area contributed by atoms with Crippen LogP contribution in [-0.2, 0) is 6.54 Å². The number of rotatable bonds is 5. The Morgan fingerprint density at radius 2 is 1.77 bits per heavy atom. The molecule has 0 atom stereocenters. The van der Waals surface area contributed by atoms with Gasteiger partial charge in [-0.1, -0.05) is 30.3 Å². The fraction of sp³-hybridized carbons (Fsp3) is 0.158. The smallest absolute Gasteiger partial charge is 0.276 e. The summed E-state index contributed by atoms with van der Waals surface area (Å²) in [5.74, 6) is -0.360. The Labute approximate surface area is 151 Å². The van der Waals surface area contributed by atoms with Crippen LogP contribution in [0.4, 0.5) is 0 Å². The summed E-state index contributed by atoms with van der Waals surface area (Å²) in [6.45, 7) is 0.408. The molecular formula is C19H19N5O2. The van der Waals surface area contributed by atoms with Gasteiger partial charge in [-0.2, -0.15) is 9.90 Å². The van der Waals surface area contributed by atoms with Crippen LogP contribution in [0.25, 0.3) is 5.69 Å². The number of hydrogen-bond donors (Lipinski definition) is 1. The fourth-order valence-electron chi connectivity index (χ4n) is 2.49. The molecule has 1 aromatic heterocycles. The molecule has 0 fully saturated rings. The first-order chi connectivity index (χ1) is 12.6. The van der Waals surface area contributed by atoms with Crippen LogP contribution in [0, 0.1) is 0 Å². The summed E-state index contributed by atoms with van der Waals surface area (Å²) in [6.07, 6.45) is 1.46. The van der Waals surface area contributed by atoms with E-state index in [0.717, 1.165) is 11.3 Å². The first-order valence-electron chi connectivity index (χ1n) is 8.12. The van der Waals surface area contributed by atoms with Crippen molar-refractivity contribution in [2.45, 2.75) is 6.54 Å². The number of para-hydroxylation sites is 1. The lowest BCUT2D eigenvalue weighted by molar-refractivity contribution is 0.0778. The number of nitrogens with zero attached hydrogens (tertiary/aromatic N) is 4. The van der Waals surface area contributed by atoms with Gasteiger partial charge in [0.05, 0.1) is 11.9 Å². The van der Waals surface area contributed by atoms with Gasteiger partial charge in [0.25, 0.3) is 11.8 Å². The molecule has 7 heteroatoms. The molecule has 0 saturated carbocycles. The first kappa shape index (κ1) is 17.3. The molecule has 0 radical (unpaired) electrons. The standard InChI is InChI=1S/C19H19N5O2/c1-20-18(25)15-10-8-14(9-11-15)13-23(2)19(26)17-12-21-24(22-17)16-6-4-3-5-7-16/h3-12H,13H2,1-2H3,(H,20,25). The summed E-state index contributed by atoms with van der Waals surface area (Å²) in [7, 11) is 3.29. The summed E-state index contributed by atoms with van der Waals surface area (Å²) >= 11 is 0. The maximum Gasteiger partial charge on any atom is 0.276 e. The third-order valence-corrected chi connectivity index (χ3v) is 3.91. The highest BCUT2D eigenvalue weighted by Gasteiger charge is 2.16. The van der Waals surface area contributed by atoms with Gasteiger partial charge in [-0.3, -0.25) is 9.59 Å². The molecule has 7 nitrogen and oxygen atoms in total. The second-order valence-electron chi connectivity index (χ2n) is 5.79. The quantitative estimate of drug-likeness (QED) is 0.763.